The molecule has 0 aliphatic heterocycles. The monoisotopic (exact) mass is 292 g/mol. The number of hydrogen-bond acceptors (Lipinski definition) is 3. The van der Waals surface area contributed by atoms with Gasteiger partial charge in [-0.3, -0.25) is 4.98 Å². The normalized spacial score (nSPS) is 14.4. The smallest absolute Gasteiger partial charge is 0.217 e. The summed E-state index contributed by atoms with van der Waals surface area (Å²) in [6.45, 7) is 6.91. The van der Waals surface area contributed by atoms with Gasteiger partial charge >= 0.3 is 0 Å². The van der Waals surface area contributed by atoms with Crippen LogP contribution in [0.5, 0.6) is 0 Å². The first-order valence-corrected chi connectivity index (χ1v) is 8.05. The third-order valence-electron chi connectivity index (χ3n) is 3.32. The van der Waals surface area contributed by atoms with Crippen LogP contribution < -0.4 is 4.72 Å². The first-order chi connectivity index (χ1) is 9.22. The Morgan fingerprint density at radius 3 is 2.55 bits per heavy atom. The van der Waals surface area contributed by atoms with Crippen molar-refractivity contribution in [3.05, 3.63) is 42.2 Å². The number of hydrogen-bond donors (Lipinski definition) is 1. The van der Waals surface area contributed by atoms with Crippen molar-refractivity contribution in [1.29, 1.82) is 0 Å². The Balaban J connectivity index is 2.40. The molecule has 1 atom stereocenters. The number of benzene rings is 1. The molecule has 0 amide bonds. The van der Waals surface area contributed by atoms with Gasteiger partial charge in [-0.2, -0.15) is 0 Å². The van der Waals surface area contributed by atoms with Crippen LogP contribution in [0.25, 0.3) is 10.8 Å². The minimum absolute atomic E-state index is 0.299. The fourth-order valence-corrected chi connectivity index (χ4v) is 2.93. The zero-order chi connectivity index (χ0) is 15.0. The Labute approximate surface area is 120 Å². The zero-order valence-electron chi connectivity index (χ0n) is 12.2. The van der Waals surface area contributed by atoms with Gasteiger partial charge in [0, 0.05) is 23.8 Å². The minimum atomic E-state index is -3.38. The molecule has 0 fully saturated rings. The van der Waals surface area contributed by atoms with Crippen LogP contribution >= 0.6 is 0 Å². The van der Waals surface area contributed by atoms with E-state index in [2.05, 4.69) is 9.71 Å². The number of rotatable bonds is 3. The average Bonchev–Trinajstić information content (AvgIpc) is 2.36. The molecule has 5 heteroatoms. The van der Waals surface area contributed by atoms with Gasteiger partial charge in [0.25, 0.3) is 0 Å². The summed E-state index contributed by atoms with van der Waals surface area (Å²) in [5, 5.41) is 2.03. The van der Waals surface area contributed by atoms with Crippen LogP contribution in [0.1, 0.15) is 39.3 Å². The number of fused-ring (bicyclic) bond motifs is 1. The van der Waals surface area contributed by atoms with E-state index < -0.39 is 14.8 Å². The van der Waals surface area contributed by atoms with Crippen molar-refractivity contribution in [2.45, 2.75) is 38.5 Å². The summed E-state index contributed by atoms with van der Waals surface area (Å²) in [4.78, 5) is 4.12. The number of pyridine rings is 1. The summed E-state index contributed by atoms with van der Waals surface area (Å²) < 4.78 is 26.4. The second-order valence-corrected chi connectivity index (χ2v) is 8.37. The summed E-state index contributed by atoms with van der Waals surface area (Å²) in [5.74, 6) is 0. The highest BCUT2D eigenvalue weighted by molar-refractivity contribution is 7.90. The zero-order valence-corrected chi connectivity index (χ0v) is 13.0. The second-order valence-electron chi connectivity index (χ2n) is 5.90. The third kappa shape index (κ3) is 2.83. The van der Waals surface area contributed by atoms with Crippen LogP contribution in [0.4, 0.5) is 0 Å². The quantitative estimate of drug-likeness (QED) is 0.946. The van der Waals surface area contributed by atoms with E-state index in [0.29, 0.717) is 0 Å². The molecule has 0 unspecified atom stereocenters. The summed E-state index contributed by atoms with van der Waals surface area (Å²) in [6.07, 6.45) is 3.50. The second kappa shape index (κ2) is 5.14. The maximum Gasteiger partial charge on any atom is 0.217 e. The Bertz CT molecular complexity index is 713. The highest BCUT2D eigenvalue weighted by atomic mass is 32.2. The molecular weight excluding hydrogens is 272 g/mol. The van der Waals surface area contributed by atoms with Crippen molar-refractivity contribution in [2.75, 3.05) is 0 Å². The lowest BCUT2D eigenvalue weighted by Gasteiger charge is -2.24. The van der Waals surface area contributed by atoms with Crippen LogP contribution in [0.3, 0.4) is 0 Å². The van der Waals surface area contributed by atoms with E-state index in [9.17, 15) is 8.42 Å². The topological polar surface area (TPSA) is 59.1 Å². The van der Waals surface area contributed by atoms with Crippen LogP contribution in [0.2, 0.25) is 0 Å². The molecule has 108 valence electrons. The highest BCUT2D eigenvalue weighted by Crippen LogP contribution is 2.25. The predicted molar refractivity (Wildman–Crippen MR) is 82.0 cm³/mol. The molecule has 1 N–H and O–H groups in total. The minimum Gasteiger partial charge on any atom is -0.264 e. The molecular formula is C15H20N2O2S. The van der Waals surface area contributed by atoms with Crippen molar-refractivity contribution in [3.63, 3.8) is 0 Å². The fourth-order valence-electron chi connectivity index (χ4n) is 1.99. The molecule has 2 aromatic rings. The average molecular weight is 292 g/mol. The Kier molecular flexibility index (Phi) is 3.84. The number of sulfonamides is 1. The molecule has 0 saturated carbocycles. The van der Waals surface area contributed by atoms with Gasteiger partial charge in [-0.15, -0.1) is 0 Å². The third-order valence-corrected chi connectivity index (χ3v) is 5.60. The maximum absolute atomic E-state index is 12.2. The highest BCUT2D eigenvalue weighted by Gasteiger charge is 2.30. The molecule has 1 heterocycles. The number of aromatic nitrogens is 1. The van der Waals surface area contributed by atoms with Gasteiger partial charge < -0.3 is 0 Å². The van der Waals surface area contributed by atoms with Crippen molar-refractivity contribution >= 4 is 20.8 Å². The van der Waals surface area contributed by atoms with Crippen molar-refractivity contribution in [1.82, 2.24) is 9.71 Å². The summed E-state index contributed by atoms with van der Waals surface area (Å²) >= 11 is 0. The first-order valence-electron chi connectivity index (χ1n) is 6.57. The van der Waals surface area contributed by atoms with E-state index in [1.165, 1.54) is 0 Å². The van der Waals surface area contributed by atoms with Crippen molar-refractivity contribution in [2.24, 2.45) is 0 Å². The van der Waals surface area contributed by atoms with Gasteiger partial charge in [-0.25, -0.2) is 13.1 Å². The molecule has 0 aliphatic carbocycles. The molecule has 4 nitrogen and oxygen atoms in total. The maximum atomic E-state index is 12.2. The largest absolute Gasteiger partial charge is 0.264 e. The van der Waals surface area contributed by atoms with Gasteiger partial charge in [-0.05, 0) is 44.7 Å². The standard InChI is InChI=1S/C15H20N2O2S/c1-11(17-20(18,19)15(2,3)4)13-7-5-6-12-8-9-16-10-14(12)13/h5-11,17H,1-4H3/t11-/m1/s1. The lowest BCUT2D eigenvalue weighted by atomic mass is 10.0. The number of nitrogens with zero attached hydrogens (tertiary/aromatic N) is 1. The number of nitrogens with one attached hydrogen (secondary N) is 1. The van der Waals surface area contributed by atoms with Gasteiger partial charge in [0.1, 0.15) is 0 Å². The van der Waals surface area contributed by atoms with Crippen molar-refractivity contribution in [3.8, 4) is 0 Å². The van der Waals surface area contributed by atoms with Gasteiger partial charge in [0.2, 0.25) is 10.0 Å². The van der Waals surface area contributed by atoms with Gasteiger partial charge in [0.05, 0.1) is 4.75 Å². The Morgan fingerprint density at radius 2 is 1.90 bits per heavy atom. The molecule has 2 rings (SSSR count). The molecule has 0 spiro atoms. The lowest BCUT2D eigenvalue weighted by molar-refractivity contribution is 0.532. The molecule has 1 aromatic heterocycles. The van der Waals surface area contributed by atoms with E-state index >= 15 is 0 Å². The van der Waals surface area contributed by atoms with E-state index in [4.69, 9.17) is 0 Å². The Morgan fingerprint density at radius 1 is 1.20 bits per heavy atom. The van der Waals surface area contributed by atoms with Gasteiger partial charge in [0.15, 0.2) is 0 Å². The molecule has 0 radical (unpaired) electrons. The van der Waals surface area contributed by atoms with Crippen LogP contribution in [0.15, 0.2) is 36.7 Å². The van der Waals surface area contributed by atoms with E-state index in [1.807, 2.05) is 31.2 Å². The van der Waals surface area contributed by atoms with Gasteiger partial charge in [-0.1, -0.05) is 18.2 Å². The Hall–Kier alpha value is -1.46. The molecule has 20 heavy (non-hydrogen) atoms. The summed E-state index contributed by atoms with van der Waals surface area (Å²) in [5.41, 5.74) is 0.934. The van der Waals surface area contributed by atoms with E-state index in [-0.39, 0.29) is 6.04 Å². The summed E-state index contributed by atoms with van der Waals surface area (Å²) in [7, 11) is -3.38. The van der Waals surface area contributed by atoms with E-state index in [0.717, 1.165) is 16.3 Å². The summed E-state index contributed by atoms with van der Waals surface area (Å²) in [6, 6.07) is 7.47. The SMILES string of the molecule is C[C@@H](NS(=O)(=O)C(C)(C)C)c1cccc2ccncc12. The molecule has 1 aromatic carbocycles. The van der Waals surface area contributed by atoms with Crippen molar-refractivity contribution < 1.29 is 8.42 Å². The van der Waals surface area contributed by atoms with E-state index in [1.54, 1.807) is 33.2 Å². The lowest BCUT2D eigenvalue weighted by Crippen LogP contribution is -2.40. The predicted octanol–water partition coefficient (Wildman–Crippen LogP) is 3.01. The first kappa shape index (κ1) is 14.9. The molecule has 0 aliphatic rings. The van der Waals surface area contributed by atoms with Crippen LogP contribution in [0, 0.1) is 0 Å². The fraction of sp³-hybridized carbons (Fsp3) is 0.400. The molecule has 0 bridgehead atoms. The van der Waals surface area contributed by atoms with Crippen LogP contribution in [-0.2, 0) is 10.0 Å². The van der Waals surface area contributed by atoms with Crippen LogP contribution in [-0.4, -0.2) is 18.1 Å². The molecule has 0 saturated heterocycles.